The van der Waals surface area contributed by atoms with Crippen LogP contribution in [0.3, 0.4) is 0 Å². The van der Waals surface area contributed by atoms with Crippen molar-refractivity contribution < 1.29 is 0 Å². The Morgan fingerprint density at radius 3 is 2.44 bits per heavy atom. The Hall–Kier alpha value is -2.38. The van der Waals surface area contributed by atoms with Crippen LogP contribution in [0.25, 0.3) is 16.7 Å². The highest BCUT2D eigenvalue weighted by atomic mass is 79.9. The zero-order valence-electron chi connectivity index (χ0n) is 15.2. The summed E-state index contributed by atoms with van der Waals surface area (Å²) >= 11 is 3.71. The molecule has 0 fully saturated rings. The molecule has 3 aliphatic rings. The molecule has 0 nitrogen and oxygen atoms in total. The van der Waals surface area contributed by atoms with Crippen LogP contribution < -0.4 is 0 Å². The first-order valence-electron chi connectivity index (χ1n) is 9.63. The van der Waals surface area contributed by atoms with E-state index in [2.05, 4.69) is 95.7 Å². The molecule has 1 spiro atoms. The van der Waals surface area contributed by atoms with E-state index in [0.29, 0.717) is 0 Å². The maximum absolute atomic E-state index is 3.71. The van der Waals surface area contributed by atoms with Crippen molar-refractivity contribution in [1.82, 2.24) is 0 Å². The number of fused-ring (bicyclic) bond motifs is 9. The molecule has 1 atom stereocenters. The molecule has 0 aliphatic heterocycles. The molecule has 0 heterocycles. The predicted molar refractivity (Wildman–Crippen MR) is 116 cm³/mol. The third kappa shape index (κ3) is 1.83. The highest BCUT2D eigenvalue weighted by Crippen LogP contribution is 2.63. The number of hydrogen-bond donors (Lipinski definition) is 0. The van der Waals surface area contributed by atoms with Gasteiger partial charge < -0.3 is 0 Å². The molecule has 1 heteroatoms. The monoisotopic (exact) mass is 410 g/mol. The van der Waals surface area contributed by atoms with Crippen LogP contribution in [-0.4, -0.2) is 0 Å². The second kappa shape index (κ2) is 5.33. The van der Waals surface area contributed by atoms with Gasteiger partial charge in [0.25, 0.3) is 0 Å². The van der Waals surface area contributed by atoms with Gasteiger partial charge in [0.15, 0.2) is 0 Å². The Bertz CT molecular complexity index is 1140. The normalized spacial score (nSPS) is 21.3. The second-order valence-electron chi connectivity index (χ2n) is 7.87. The molecule has 27 heavy (non-hydrogen) atoms. The third-order valence-electron chi connectivity index (χ3n) is 6.50. The van der Waals surface area contributed by atoms with Crippen molar-refractivity contribution in [2.75, 3.05) is 0 Å². The Balaban J connectivity index is 1.83. The van der Waals surface area contributed by atoms with E-state index in [1.165, 1.54) is 44.5 Å². The lowest BCUT2D eigenvalue weighted by Crippen LogP contribution is -2.27. The quantitative estimate of drug-likeness (QED) is 0.367. The van der Waals surface area contributed by atoms with Crippen molar-refractivity contribution in [1.29, 1.82) is 0 Å². The van der Waals surface area contributed by atoms with Gasteiger partial charge in [0.2, 0.25) is 0 Å². The molecule has 3 aromatic rings. The molecule has 0 saturated carbocycles. The van der Waals surface area contributed by atoms with Gasteiger partial charge in [-0.2, -0.15) is 0 Å². The number of benzene rings is 3. The first-order chi connectivity index (χ1) is 13.2. The van der Waals surface area contributed by atoms with Gasteiger partial charge in [0.1, 0.15) is 0 Å². The molecule has 130 valence electrons. The lowest BCUT2D eigenvalue weighted by Gasteiger charge is -2.33. The van der Waals surface area contributed by atoms with Gasteiger partial charge in [0.05, 0.1) is 5.41 Å². The topological polar surface area (TPSA) is 0 Å². The molecule has 0 bridgehead atoms. The van der Waals surface area contributed by atoms with Gasteiger partial charge in [-0.15, -0.1) is 0 Å². The van der Waals surface area contributed by atoms with Crippen molar-refractivity contribution >= 4 is 21.5 Å². The minimum absolute atomic E-state index is 0.129. The second-order valence-corrected chi connectivity index (χ2v) is 8.78. The van der Waals surface area contributed by atoms with Gasteiger partial charge in [-0.05, 0) is 76.4 Å². The lowest BCUT2D eigenvalue weighted by molar-refractivity contribution is 0.714. The van der Waals surface area contributed by atoms with Gasteiger partial charge >= 0.3 is 0 Å². The minimum Gasteiger partial charge on any atom is -0.0836 e. The van der Waals surface area contributed by atoms with E-state index < -0.39 is 0 Å². The maximum Gasteiger partial charge on any atom is 0.0688 e. The fraction of sp³-hybridized carbons (Fsp3) is 0.154. The van der Waals surface area contributed by atoms with Gasteiger partial charge in [0, 0.05) is 4.47 Å². The van der Waals surface area contributed by atoms with Crippen LogP contribution >= 0.6 is 15.9 Å². The largest absolute Gasteiger partial charge is 0.0836 e. The molecule has 3 aliphatic carbocycles. The number of allylic oxidation sites excluding steroid dienone is 4. The smallest absolute Gasteiger partial charge is 0.0688 e. The van der Waals surface area contributed by atoms with E-state index in [9.17, 15) is 0 Å². The molecular weight excluding hydrogens is 392 g/mol. The van der Waals surface area contributed by atoms with Crippen LogP contribution in [0.2, 0.25) is 0 Å². The summed E-state index contributed by atoms with van der Waals surface area (Å²) in [6, 6.07) is 22.9. The fourth-order valence-electron chi connectivity index (χ4n) is 5.55. The maximum atomic E-state index is 3.71. The van der Waals surface area contributed by atoms with Crippen molar-refractivity contribution in [2.45, 2.75) is 25.2 Å². The van der Waals surface area contributed by atoms with E-state index in [-0.39, 0.29) is 5.41 Å². The fourth-order valence-corrected chi connectivity index (χ4v) is 5.91. The van der Waals surface area contributed by atoms with Crippen molar-refractivity contribution in [3.8, 4) is 11.1 Å². The Kier molecular flexibility index (Phi) is 3.09. The summed E-state index contributed by atoms with van der Waals surface area (Å²) < 4.78 is 1.15. The van der Waals surface area contributed by atoms with E-state index in [1.807, 2.05) is 0 Å². The molecule has 0 radical (unpaired) electrons. The SMILES string of the molecule is Cc1ccc2c(c1)-c1cc(Br)ccc1C21C2=C(C=CCC2)c2ccccc21. The Morgan fingerprint density at radius 2 is 1.56 bits per heavy atom. The standard InChI is InChI=1S/C26H19Br/c1-16-10-12-24-20(14-16)21-15-17(27)11-13-25(21)26(24)22-8-4-2-6-18(22)19-7-3-5-9-23(19)26/h2-4,6-8,10-15H,5,9H2,1H3. The zero-order valence-corrected chi connectivity index (χ0v) is 16.8. The Morgan fingerprint density at radius 1 is 0.815 bits per heavy atom. The molecule has 3 aromatic carbocycles. The summed E-state index contributed by atoms with van der Waals surface area (Å²) in [5.41, 5.74) is 12.7. The van der Waals surface area contributed by atoms with E-state index in [0.717, 1.165) is 17.3 Å². The van der Waals surface area contributed by atoms with Gasteiger partial charge in [-0.3, -0.25) is 0 Å². The lowest BCUT2D eigenvalue weighted by atomic mass is 9.68. The van der Waals surface area contributed by atoms with Crippen LogP contribution in [0.1, 0.15) is 40.7 Å². The number of halogens is 1. The average Bonchev–Trinajstić information content (AvgIpc) is 3.14. The summed E-state index contributed by atoms with van der Waals surface area (Å²) in [6.07, 6.45) is 6.95. The van der Waals surface area contributed by atoms with Crippen LogP contribution in [0.4, 0.5) is 0 Å². The van der Waals surface area contributed by atoms with E-state index >= 15 is 0 Å². The third-order valence-corrected chi connectivity index (χ3v) is 6.99. The van der Waals surface area contributed by atoms with Crippen LogP contribution in [0, 0.1) is 6.92 Å². The summed E-state index contributed by atoms with van der Waals surface area (Å²) in [5, 5.41) is 0. The highest BCUT2D eigenvalue weighted by Gasteiger charge is 2.52. The van der Waals surface area contributed by atoms with Gasteiger partial charge in [-0.1, -0.05) is 82.2 Å². The number of aryl methyl sites for hydroxylation is 1. The van der Waals surface area contributed by atoms with Crippen LogP contribution in [-0.2, 0) is 5.41 Å². The molecule has 1 unspecified atom stereocenters. The molecule has 0 amide bonds. The first kappa shape index (κ1) is 15.7. The van der Waals surface area contributed by atoms with Crippen LogP contribution in [0.15, 0.2) is 82.9 Å². The molecule has 0 saturated heterocycles. The van der Waals surface area contributed by atoms with Crippen molar-refractivity contribution in [3.63, 3.8) is 0 Å². The molecular formula is C26H19Br. The van der Waals surface area contributed by atoms with E-state index in [1.54, 1.807) is 5.57 Å². The summed E-state index contributed by atoms with van der Waals surface area (Å²) in [6.45, 7) is 2.19. The number of rotatable bonds is 0. The average molecular weight is 411 g/mol. The molecule has 0 aromatic heterocycles. The summed E-state index contributed by atoms with van der Waals surface area (Å²) in [5.74, 6) is 0. The van der Waals surface area contributed by atoms with Crippen molar-refractivity contribution in [2.24, 2.45) is 0 Å². The molecule has 6 rings (SSSR count). The summed E-state index contributed by atoms with van der Waals surface area (Å²) in [4.78, 5) is 0. The zero-order chi connectivity index (χ0) is 18.2. The van der Waals surface area contributed by atoms with Crippen LogP contribution in [0.5, 0.6) is 0 Å². The minimum atomic E-state index is -0.129. The molecule has 0 N–H and O–H groups in total. The van der Waals surface area contributed by atoms with Gasteiger partial charge in [-0.25, -0.2) is 0 Å². The number of hydrogen-bond acceptors (Lipinski definition) is 0. The summed E-state index contributed by atoms with van der Waals surface area (Å²) in [7, 11) is 0. The Labute approximate surface area is 168 Å². The van der Waals surface area contributed by atoms with Crippen molar-refractivity contribution in [3.05, 3.63) is 111 Å². The van der Waals surface area contributed by atoms with E-state index in [4.69, 9.17) is 0 Å². The first-order valence-corrected chi connectivity index (χ1v) is 10.4. The highest BCUT2D eigenvalue weighted by molar-refractivity contribution is 9.10. The predicted octanol–water partition coefficient (Wildman–Crippen LogP) is 7.19.